The summed E-state index contributed by atoms with van der Waals surface area (Å²) in [6.07, 6.45) is 2.18. The normalized spacial score (nSPS) is 18.7. The molecule has 1 heterocycles. The Kier molecular flexibility index (Phi) is 3.96. The molecule has 1 aromatic carbocycles. The highest BCUT2D eigenvalue weighted by atomic mass is 16.3. The summed E-state index contributed by atoms with van der Waals surface area (Å²) in [6.45, 7) is 0.777. The standard InChI is InChI=1S/C14H16N2O2/c15-9-12-5-3-11(4-6-12)8-14(18)16-7-1-2-13(16)10-17/h3-6,13,17H,1-2,7-8,10H2/t13-/m1/s1. The second kappa shape index (κ2) is 5.65. The maximum absolute atomic E-state index is 12.1. The van der Waals surface area contributed by atoms with Crippen molar-refractivity contribution in [1.82, 2.24) is 4.90 Å². The molecular formula is C14H16N2O2. The molecule has 18 heavy (non-hydrogen) atoms. The van der Waals surface area contributed by atoms with Crippen LogP contribution in [0, 0.1) is 11.3 Å². The van der Waals surface area contributed by atoms with Gasteiger partial charge in [-0.1, -0.05) is 12.1 Å². The van der Waals surface area contributed by atoms with Crippen molar-refractivity contribution in [3.63, 3.8) is 0 Å². The van der Waals surface area contributed by atoms with Crippen LogP contribution in [0.1, 0.15) is 24.0 Å². The van der Waals surface area contributed by atoms with Gasteiger partial charge >= 0.3 is 0 Å². The number of benzene rings is 1. The van der Waals surface area contributed by atoms with E-state index >= 15 is 0 Å². The number of likely N-dealkylation sites (tertiary alicyclic amines) is 1. The molecule has 2 rings (SSSR count). The lowest BCUT2D eigenvalue weighted by Gasteiger charge is -2.23. The summed E-state index contributed by atoms with van der Waals surface area (Å²) in [5, 5.41) is 17.9. The van der Waals surface area contributed by atoms with Crippen molar-refractivity contribution in [3.05, 3.63) is 35.4 Å². The van der Waals surface area contributed by atoms with Crippen LogP contribution in [0.5, 0.6) is 0 Å². The third-order valence-corrected chi connectivity index (χ3v) is 3.35. The highest BCUT2D eigenvalue weighted by Gasteiger charge is 2.27. The maximum atomic E-state index is 12.1. The molecule has 1 aliphatic heterocycles. The molecule has 0 saturated carbocycles. The molecule has 1 aromatic rings. The lowest BCUT2D eigenvalue weighted by atomic mass is 10.1. The third-order valence-electron chi connectivity index (χ3n) is 3.35. The summed E-state index contributed by atoms with van der Waals surface area (Å²) in [6, 6.07) is 9.08. The third kappa shape index (κ3) is 2.69. The van der Waals surface area contributed by atoms with Gasteiger partial charge in [-0.2, -0.15) is 5.26 Å². The second-order valence-corrected chi connectivity index (χ2v) is 4.55. The number of nitriles is 1. The largest absolute Gasteiger partial charge is 0.394 e. The molecule has 0 radical (unpaired) electrons. The summed E-state index contributed by atoms with van der Waals surface area (Å²) in [7, 11) is 0. The van der Waals surface area contributed by atoms with Crippen molar-refractivity contribution in [2.75, 3.05) is 13.2 Å². The highest BCUT2D eigenvalue weighted by molar-refractivity contribution is 5.79. The Hall–Kier alpha value is -1.86. The lowest BCUT2D eigenvalue weighted by molar-refractivity contribution is -0.131. The van der Waals surface area contributed by atoms with E-state index in [1.807, 2.05) is 0 Å². The van der Waals surface area contributed by atoms with Gasteiger partial charge < -0.3 is 10.0 Å². The number of carbonyl (C=O) groups is 1. The van der Waals surface area contributed by atoms with E-state index in [9.17, 15) is 9.90 Å². The van der Waals surface area contributed by atoms with Crippen molar-refractivity contribution in [2.24, 2.45) is 0 Å². The first kappa shape index (κ1) is 12.6. The summed E-state index contributed by atoms with van der Waals surface area (Å²) >= 11 is 0. The van der Waals surface area contributed by atoms with Crippen molar-refractivity contribution in [2.45, 2.75) is 25.3 Å². The van der Waals surface area contributed by atoms with Gasteiger partial charge in [0.05, 0.1) is 30.7 Å². The zero-order chi connectivity index (χ0) is 13.0. The van der Waals surface area contributed by atoms with Crippen molar-refractivity contribution >= 4 is 5.91 Å². The summed E-state index contributed by atoms with van der Waals surface area (Å²) in [5.74, 6) is 0.0521. The van der Waals surface area contributed by atoms with Gasteiger partial charge in [-0.25, -0.2) is 0 Å². The van der Waals surface area contributed by atoms with Gasteiger partial charge in [-0.05, 0) is 30.5 Å². The highest BCUT2D eigenvalue weighted by Crippen LogP contribution is 2.18. The smallest absolute Gasteiger partial charge is 0.227 e. The van der Waals surface area contributed by atoms with Crippen molar-refractivity contribution in [3.8, 4) is 6.07 Å². The molecule has 0 unspecified atom stereocenters. The van der Waals surface area contributed by atoms with Crippen LogP contribution >= 0.6 is 0 Å². The number of aliphatic hydroxyl groups is 1. The van der Waals surface area contributed by atoms with Gasteiger partial charge in [-0.3, -0.25) is 4.79 Å². The molecule has 0 aliphatic carbocycles. The topological polar surface area (TPSA) is 64.3 Å². The first-order chi connectivity index (χ1) is 8.74. The molecule has 1 N–H and O–H groups in total. The van der Waals surface area contributed by atoms with E-state index < -0.39 is 0 Å². The number of amides is 1. The summed E-state index contributed by atoms with van der Waals surface area (Å²) < 4.78 is 0. The molecule has 0 aromatic heterocycles. The first-order valence-electron chi connectivity index (χ1n) is 6.14. The van der Waals surface area contributed by atoms with Gasteiger partial charge in [0.25, 0.3) is 0 Å². The fourth-order valence-corrected chi connectivity index (χ4v) is 2.33. The van der Waals surface area contributed by atoms with Crippen LogP contribution in [0.4, 0.5) is 0 Å². The predicted molar refractivity (Wildman–Crippen MR) is 66.7 cm³/mol. The maximum Gasteiger partial charge on any atom is 0.227 e. The molecule has 4 heteroatoms. The second-order valence-electron chi connectivity index (χ2n) is 4.55. The minimum absolute atomic E-state index is 0.0177. The molecule has 4 nitrogen and oxygen atoms in total. The van der Waals surface area contributed by atoms with Crippen LogP contribution in [0.2, 0.25) is 0 Å². The summed E-state index contributed by atoms with van der Waals surface area (Å²) in [4.78, 5) is 13.9. The molecule has 1 amide bonds. The quantitative estimate of drug-likeness (QED) is 0.865. The van der Waals surface area contributed by atoms with Gasteiger partial charge in [0.1, 0.15) is 0 Å². The van der Waals surface area contributed by atoms with Crippen LogP contribution in [0.15, 0.2) is 24.3 Å². The van der Waals surface area contributed by atoms with E-state index in [1.165, 1.54) is 0 Å². The van der Waals surface area contributed by atoms with E-state index in [1.54, 1.807) is 29.2 Å². The van der Waals surface area contributed by atoms with Crippen LogP contribution in [-0.4, -0.2) is 35.1 Å². The fourth-order valence-electron chi connectivity index (χ4n) is 2.33. The number of aliphatic hydroxyl groups excluding tert-OH is 1. The number of carbonyl (C=O) groups excluding carboxylic acids is 1. The SMILES string of the molecule is N#Cc1ccc(CC(=O)N2CCC[C@@H]2CO)cc1. The molecule has 0 spiro atoms. The number of hydrogen-bond donors (Lipinski definition) is 1. The zero-order valence-corrected chi connectivity index (χ0v) is 10.2. The first-order valence-corrected chi connectivity index (χ1v) is 6.14. The van der Waals surface area contributed by atoms with Crippen LogP contribution in [0.3, 0.4) is 0 Å². The molecular weight excluding hydrogens is 228 g/mol. The molecule has 1 atom stereocenters. The lowest BCUT2D eigenvalue weighted by Crippen LogP contribution is -2.38. The van der Waals surface area contributed by atoms with Gasteiger partial charge in [0.15, 0.2) is 0 Å². The Morgan fingerprint density at radius 1 is 1.44 bits per heavy atom. The molecule has 1 aliphatic rings. The van der Waals surface area contributed by atoms with E-state index in [2.05, 4.69) is 6.07 Å². The molecule has 94 valence electrons. The Morgan fingerprint density at radius 2 is 2.17 bits per heavy atom. The monoisotopic (exact) mass is 244 g/mol. The number of hydrogen-bond acceptors (Lipinski definition) is 3. The molecule has 1 saturated heterocycles. The number of nitrogens with zero attached hydrogens (tertiary/aromatic N) is 2. The van der Waals surface area contributed by atoms with Crippen LogP contribution in [-0.2, 0) is 11.2 Å². The minimum Gasteiger partial charge on any atom is -0.394 e. The summed E-state index contributed by atoms with van der Waals surface area (Å²) in [5.41, 5.74) is 1.50. The van der Waals surface area contributed by atoms with Gasteiger partial charge in [0, 0.05) is 6.54 Å². The van der Waals surface area contributed by atoms with E-state index in [-0.39, 0.29) is 18.6 Å². The Balaban J connectivity index is 2.00. The van der Waals surface area contributed by atoms with E-state index in [0.29, 0.717) is 12.0 Å². The minimum atomic E-state index is -0.0177. The average molecular weight is 244 g/mol. The van der Waals surface area contributed by atoms with Crippen molar-refractivity contribution < 1.29 is 9.90 Å². The molecule has 0 bridgehead atoms. The Morgan fingerprint density at radius 3 is 2.78 bits per heavy atom. The van der Waals surface area contributed by atoms with E-state index in [0.717, 1.165) is 24.9 Å². The van der Waals surface area contributed by atoms with Crippen LogP contribution in [0.25, 0.3) is 0 Å². The van der Waals surface area contributed by atoms with E-state index in [4.69, 9.17) is 5.26 Å². The zero-order valence-electron chi connectivity index (χ0n) is 10.2. The van der Waals surface area contributed by atoms with Crippen LogP contribution < -0.4 is 0 Å². The molecule has 1 fully saturated rings. The number of rotatable bonds is 3. The van der Waals surface area contributed by atoms with Crippen molar-refractivity contribution in [1.29, 1.82) is 5.26 Å². The Labute approximate surface area is 106 Å². The Bertz CT molecular complexity index is 462. The van der Waals surface area contributed by atoms with Gasteiger partial charge in [-0.15, -0.1) is 0 Å². The predicted octanol–water partition coefficient (Wildman–Crippen LogP) is 1.08. The van der Waals surface area contributed by atoms with Gasteiger partial charge in [0.2, 0.25) is 5.91 Å². The average Bonchev–Trinajstić information content (AvgIpc) is 2.88. The fraction of sp³-hybridized carbons (Fsp3) is 0.429.